The highest BCUT2D eigenvalue weighted by atomic mass is 16.2. The molecule has 1 aromatic carbocycles. The summed E-state index contributed by atoms with van der Waals surface area (Å²) in [6, 6.07) is 7.97. The van der Waals surface area contributed by atoms with Gasteiger partial charge in [0, 0.05) is 34.7 Å². The van der Waals surface area contributed by atoms with Crippen molar-refractivity contribution in [3.63, 3.8) is 0 Å². The molecule has 2 rings (SSSR count). The molecular weight excluding hydrogens is 264 g/mol. The van der Waals surface area contributed by atoms with E-state index in [1.165, 1.54) is 0 Å². The molecule has 4 nitrogen and oxygen atoms in total. The fourth-order valence-electron chi connectivity index (χ4n) is 2.90. The molecule has 112 valence electrons. The number of nitrogens with zero attached hydrogens (tertiary/aromatic N) is 2. The molecule has 1 heterocycles. The van der Waals surface area contributed by atoms with Crippen molar-refractivity contribution >= 4 is 23.1 Å². The summed E-state index contributed by atoms with van der Waals surface area (Å²) in [5.41, 5.74) is 1.54. The maximum Gasteiger partial charge on any atom is 0.242 e. The van der Waals surface area contributed by atoms with Gasteiger partial charge in [0.25, 0.3) is 0 Å². The van der Waals surface area contributed by atoms with Gasteiger partial charge in [-0.2, -0.15) is 0 Å². The lowest BCUT2D eigenvalue weighted by Gasteiger charge is -2.31. The van der Waals surface area contributed by atoms with E-state index in [1.54, 1.807) is 6.20 Å². The number of carbonyl (C=O) groups is 2. The average molecular weight is 286 g/mol. The molecule has 0 saturated heterocycles. The van der Waals surface area contributed by atoms with Gasteiger partial charge < -0.3 is 9.47 Å². The second-order valence-corrected chi connectivity index (χ2v) is 5.84. The lowest BCUT2D eigenvalue weighted by Crippen LogP contribution is -2.43. The van der Waals surface area contributed by atoms with Crippen LogP contribution in [0.4, 0.5) is 0 Å². The summed E-state index contributed by atoms with van der Waals surface area (Å²) in [5.74, 6) is 0.0678. The molecule has 0 radical (unpaired) electrons. The molecule has 0 saturated carbocycles. The molecular formula is C17H22N2O2. The number of hydrogen-bond donors (Lipinski definition) is 0. The second kappa shape index (κ2) is 6.12. The number of rotatable bonds is 5. The molecule has 0 atom stereocenters. The number of carbonyl (C=O) groups excluding carboxylic acids is 2. The Kier molecular flexibility index (Phi) is 4.46. The second-order valence-electron chi connectivity index (χ2n) is 5.84. The number of hydrogen-bond acceptors (Lipinski definition) is 2. The summed E-state index contributed by atoms with van der Waals surface area (Å²) >= 11 is 0. The number of aldehydes is 1. The van der Waals surface area contributed by atoms with Crippen molar-refractivity contribution in [2.24, 2.45) is 0 Å². The molecule has 0 fully saturated rings. The Morgan fingerprint density at radius 3 is 2.38 bits per heavy atom. The maximum atomic E-state index is 12.6. The van der Waals surface area contributed by atoms with E-state index in [-0.39, 0.29) is 24.5 Å². The van der Waals surface area contributed by atoms with Gasteiger partial charge in [-0.15, -0.1) is 0 Å². The van der Waals surface area contributed by atoms with Crippen molar-refractivity contribution in [1.29, 1.82) is 0 Å². The molecule has 21 heavy (non-hydrogen) atoms. The van der Waals surface area contributed by atoms with Gasteiger partial charge in [-0.3, -0.25) is 9.59 Å². The first kappa shape index (κ1) is 15.3. The van der Waals surface area contributed by atoms with E-state index >= 15 is 0 Å². The third-order valence-electron chi connectivity index (χ3n) is 3.65. The van der Waals surface area contributed by atoms with Gasteiger partial charge in [0.2, 0.25) is 5.91 Å². The largest absolute Gasteiger partial charge is 0.337 e. The maximum absolute atomic E-state index is 12.6. The van der Waals surface area contributed by atoms with E-state index < -0.39 is 0 Å². The van der Waals surface area contributed by atoms with Crippen LogP contribution in [0.15, 0.2) is 30.5 Å². The summed E-state index contributed by atoms with van der Waals surface area (Å²) in [4.78, 5) is 25.6. The van der Waals surface area contributed by atoms with Crippen LogP contribution in [-0.4, -0.2) is 33.7 Å². The number of para-hydroxylation sites is 1. The molecule has 1 aromatic heterocycles. The minimum atomic E-state index is 0.0678. The number of benzene rings is 1. The lowest BCUT2D eigenvalue weighted by molar-refractivity contribution is -0.135. The van der Waals surface area contributed by atoms with E-state index in [0.717, 1.165) is 17.2 Å². The fourth-order valence-corrected chi connectivity index (χ4v) is 2.90. The van der Waals surface area contributed by atoms with Crippen molar-refractivity contribution in [3.05, 3.63) is 36.0 Å². The van der Waals surface area contributed by atoms with Crippen LogP contribution in [0.2, 0.25) is 0 Å². The Labute approximate surface area is 125 Å². The Balaban J connectivity index is 2.35. The summed E-state index contributed by atoms with van der Waals surface area (Å²) in [7, 11) is 0. The van der Waals surface area contributed by atoms with Crippen LogP contribution in [-0.2, 0) is 11.3 Å². The number of amides is 1. The van der Waals surface area contributed by atoms with Crippen LogP contribution < -0.4 is 0 Å². The molecule has 2 aromatic rings. The summed E-state index contributed by atoms with van der Waals surface area (Å²) < 4.78 is 1.86. The first-order chi connectivity index (χ1) is 9.95. The standard InChI is InChI=1S/C17H22N2O2/c1-12(2)19(13(3)4)17(21)10-18-9-14(11-20)15-7-5-6-8-16(15)18/h5-9,11-13H,10H2,1-4H3. The molecule has 0 spiro atoms. The smallest absolute Gasteiger partial charge is 0.242 e. The number of fused-ring (bicyclic) bond motifs is 1. The fraction of sp³-hybridized carbons (Fsp3) is 0.412. The Morgan fingerprint density at radius 1 is 1.19 bits per heavy atom. The highest BCUT2D eigenvalue weighted by molar-refractivity contribution is 5.98. The molecule has 0 aliphatic rings. The highest BCUT2D eigenvalue weighted by Crippen LogP contribution is 2.20. The molecule has 1 amide bonds. The van der Waals surface area contributed by atoms with Crippen LogP contribution >= 0.6 is 0 Å². The van der Waals surface area contributed by atoms with E-state index in [0.29, 0.717) is 5.56 Å². The SMILES string of the molecule is CC(C)N(C(=O)Cn1cc(C=O)c2ccccc21)C(C)C. The average Bonchev–Trinajstić information content (AvgIpc) is 2.76. The zero-order chi connectivity index (χ0) is 15.6. The van der Waals surface area contributed by atoms with Crippen LogP contribution in [0.1, 0.15) is 38.1 Å². The first-order valence-corrected chi connectivity index (χ1v) is 7.30. The van der Waals surface area contributed by atoms with Gasteiger partial charge in [-0.05, 0) is 33.8 Å². The summed E-state index contributed by atoms with van der Waals surface area (Å²) in [6.07, 6.45) is 2.60. The van der Waals surface area contributed by atoms with E-state index in [9.17, 15) is 9.59 Å². The predicted molar refractivity (Wildman–Crippen MR) is 84.4 cm³/mol. The van der Waals surface area contributed by atoms with Crippen molar-refractivity contribution in [2.45, 2.75) is 46.3 Å². The van der Waals surface area contributed by atoms with Gasteiger partial charge in [0.15, 0.2) is 6.29 Å². The molecule has 0 aliphatic heterocycles. The van der Waals surface area contributed by atoms with Crippen molar-refractivity contribution in [2.75, 3.05) is 0 Å². The molecule has 0 bridgehead atoms. The van der Waals surface area contributed by atoms with Crippen LogP contribution in [0.3, 0.4) is 0 Å². The Bertz CT molecular complexity index is 648. The Hall–Kier alpha value is -2.10. The van der Waals surface area contributed by atoms with Gasteiger partial charge in [-0.1, -0.05) is 18.2 Å². The number of aromatic nitrogens is 1. The quantitative estimate of drug-likeness (QED) is 0.793. The first-order valence-electron chi connectivity index (χ1n) is 7.30. The molecule has 0 unspecified atom stereocenters. The monoisotopic (exact) mass is 286 g/mol. The normalized spacial score (nSPS) is 11.3. The van der Waals surface area contributed by atoms with Gasteiger partial charge in [0.1, 0.15) is 6.54 Å². The molecule has 0 aliphatic carbocycles. The highest BCUT2D eigenvalue weighted by Gasteiger charge is 2.21. The third kappa shape index (κ3) is 2.99. The Morgan fingerprint density at radius 2 is 1.81 bits per heavy atom. The van der Waals surface area contributed by atoms with Gasteiger partial charge in [-0.25, -0.2) is 0 Å². The predicted octanol–water partition coefficient (Wildman–Crippen LogP) is 3.10. The van der Waals surface area contributed by atoms with Crippen LogP contribution in [0, 0.1) is 0 Å². The molecule has 4 heteroatoms. The van der Waals surface area contributed by atoms with E-state index in [1.807, 2.05) is 61.4 Å². The van der Waals surface area contributed by atoms with E-state index in [4.69, 9.17) is 0 Å². The van der Waals surface area contributed by atoms with Crippen LogP contribution in [0.5, 0.6) is 0 Å². The molecule has 0 N–H and O–H groups in total. The summed E-state index contributed by atoms with van der Waals surface area (Å²) in [6.45, 7) is 8.32. The van der Waals surface area contributed by atoms with E-state index in [2.05, 4.69) is 0 Å². The zero-order valence-corrected chi connectivity index (χ0v) is 13.0. The summed E-state index contributed by atoms with van der Waals surface area (Å²) in [5, 5.41) is 0.890. The van der Waals surface area contributed by atoms with Crippen molar-refractivity contribution < 1.29 is 9.59 Å². The minimum Gasteiger partial charge on any atom is -0.337 e. The van der Waals surface area contributed by atoms with Crippen LogP contribution in [0.25, 0.3) is 10.9 Å². The zero-order valence-electron chi connectivity index (χ0n) is 13.0. The third-order valence-corrected chi connectivity index (χ3v) is 3.65. The van der Waals surface area contributed by atoms with Crippen molar-refractivity contribution in [1.82, 2.24) is 9.47 Å². The van der Waals surface area contributed by atoms with Gasteiger partial charge >= 0.3 is 0 Å². The van der Waals surface area contributed by atoms with Crippen molar-refractivity contribution in [3.8, 4) is 0 Å². The topological polar surface area (TPSA) is 42.3 Å². The minimum absolute atomic E-state index is 0.0678. The van der Waals surface area contributed by atoms with Gasteiger partial charge in [0.05, 0.1) is 0 Å². The lowest BCUT2D eigenvalue weighted by atomic mass is 10.2.